The van der Waals surface area contributed by atoms with Crippen molar-refractivity contribution in [2.75, 3.05) is 0 Å². The Morgan fingerprint density at radius 1 is 0.212 bits per heavy atom. The van der Waals surface area contributed by atoms with E-state index in [9.17, 15) is 0 Å². The summed E-state index contributed by atoms with van der Waals surface area (Å²) in [6, 6.07) is 85.6. The highest BCUT2D eigenvalue weighted by Gasteiger charge is 2.26. The zero-order valence-corrected chi connectivity index (χ0v) is 52.4. The van der Waals surface area contributed by atoms with E-state index >= 15 is 0 Å². The summed E-state index contributed by atoms with van der Waals surface area (Å²) in [5.41, 5.74) is 19.3. The molecule has 20 rings (SSSR count). The maximum absolute atomic E-state index is 5.34. The molecule has 18 heteroatoms. The van der Waals surface area contributed by atoms with Crippen LogP contribution >= 0.6 is 0 Å². The molecule has 0 saturated heterocycles. The molecular formula is C81H50N18. The van der Waals surface area contributed by atoms with Gasteiger partial charge in [-0.05, 0) is 140 Å². The Hall–Kier alpha value is -14.1. The van der Waals surface area contributed by atoms with Gasteiger partial charge in [-0.25, -0.2) is 49.8 Å². The minimum atomic E-state index is 0.671. The molecule has 0 saturated carbocycles. The van der Waals surface area contributed by atoms with Crippen LogP contribution in [0.2, 0.25) is 0 Å². The minimum absolute atomic E-state index is 0.671. The summed E-state index contributed by atoms with van der Waals surface area (Å²) in [6.07, 6.45) is 14.4. The Kier molecular flexibility index (Phi) is 13.3. The van der Waals surface area contributed by atoms with Crippen molar-refractivity contribution in [2.45, 2.75) is 0 Å². The van der Waals surface area contributed by atoms with E-state index in [2.05, 4.69) is 166 Å². The van der Waals surface area contributed by atoms with E-state index in [4.69, 9.17) is 54.8 Å². The average Bonchev–Trinajstić information content (AvgIpc) is 1.64. The van der Waals surface area contributed by atoms with Gasteiger partial charge in [0, 0.05) is 105 Å². The molecule has 0 radical (unpaired) electrons. The Morgan fingerprint density at radius 2 is 0.515 bits per heavy atom. The molecule has 13 heterocycles. The summed E-state index contributed by atoms with van der Waals surface area (Å²) in [7, 11) is 0. The first-order valence-corrected chi connectivity index (χ1v) is 32.2. The van der Waals surface area contributed by atoms with E-state index in [1.54, 1.807) is 31.0 Å². The van der Waals surface area contributed by atoms with Gasteiger partial charge in [0.1, 0.15) is 45.7 Å². The number of fused-ring (bicyclic) bond motifs is 8. The van der Waals surface area contributed by atoms with Crippen LogP contribution in [0.1, 0.15) is 0 Å². The van der Waals surface area contributed by atoms with Crippen molar-refractivity contribution < 1.29 is 0 Å². The summed E-state index contributed by atoms with van der Waals surface area (Å²) in [5.74, 6) is 3.71. The zero-order chi connectivity index (χ0) is 65.3. The van der Waals surface area contributed by atoms with Crippen molar-refractivity contribution in [1.82, 2.24) is 87.6 Å². The van der Waals surface area contributed by atoms with Gasteiger partial charge in [0.25, 0.3) is 0 Å². The quantitative estimate of drug-likeness (QED) is 0.126. The van der Waals surface area contributed by atoms with E-state index < -0.39 is 0 Å². The number of hydrogen-bond donors (Lipinski definition) is 0. The molecule has 0 spiro atoms. The zero-order valence-electron chi connectivity index (χ0n) is 52.4. The third-order valence-electron chi connectivity index (χ3n) is 17.8. The van der Waals surface area contributed by atoms with Crippen molar-refractivity contribution >= 4 is 88.5 Å². The summed E-state index contributed by atoms with van der Waals surface area (Å²) in [6.45, 7) is 0. The first-order chi connectivity index (χ1) is 49.1. The van der Waals surface area contributed by atoms with Crippen LogP contribution in [0.15, 0.2) is 304 Å². The fourth-order valence-electron chi connectivity index (χ4n) is 13.5. The van der Waals surface area contributed by atoms with Crippen LogP contribution in [0.25, 0.3) is 174 Å². The fourth-order valence-corrected chi connectivity index (χ4v) is 13.5. The molecule has 99 heavy (non-hydrogen) atoms. The summed E-state index contributed by atoms with van der Waals surface area (Å²) in [4.78, 5) is 64.1. The third-order valence-corrected chi connectivity index (χ3v) is 17.8. The van der Waals surface area contributed by atoms with Gasteiger partial charge in [0.15, 0.2) is 28.2 Å². The van der Waals surface area contributed by atoms with Crippen LogP contribution in [0, 0.1) is 0 Å². The molecule has 464 valence electrons. The lowest BCUT2D eigenvalue weighted by Crippen LogP contribution is -2.04. The van der Waals surface area contributed by atoms with Gasteiger partial charge < -0.3 is 0 Å². The van der Waals surface area contributed by atoms with E-state index in [0.717, 1.165) is 139 Å². The number of pyridine rings is 8. The molecule has 0 fully saturated rings. The highest BCUT2D eigenvalue weighted by molar-refractivity contribution is 5.96. The molecule has 0 aliphatic heterocycles. The summed E-state index contributed by atoms with van der Waals surface area (Å²) < 4.78 is 10.6. The maximum atomic E-state index is 5.34. The van der Waals surface area contributed by atoms with Crippen LogP contribution in [-0.4, -0.2) is 87.6 Å². The number of nitrogens with zero attached hydrogens (tertiary/aromatic N) is 18. The molecule has 20 aromatic rings. The predicted molar refractivity (Wildman–Crippen MR) is 388 cm³/mol. The van der Waals surface area contributed by atoms with Gasteiger partial charge in [-0.2, -0.15) is 0 Å². The number of hydrogen-bond acceptors (Lipinski definition) is 13. The largest absolute Gasteiger partial charge is 0.291 e. The minimum Gasteiger partial charge on any atom is -0.291 e. The van der Waals surface area contributed by atoms with Gasteiger partial charge in [0.05, 0.1) is 44.6 Å². The molecular weight excluding hydrogens is 1230 g/mol. The molecule has 0 bridgehead atoms. The lowest BCUT2D eigenvalue weighted by molar-refractivity contribution is 1.07. The topological polar surface area (TPSA) is 192 Å². The van der Waals surface area contributed by atoms with Crippen LogP contribution in [-0.2, 0) is 0 Å². The Labute approximate surface area is 562 Å². The van der Waals surface area contributed by atoms with Crippen molar-refractivity contribution in [3.8, 4) is 85.4 Å². The average molecular weight is 1280 g/mol. The number of benzene rings is 7. The molecule has 7 aromatic carbocycles. The maximum Gasteiger partial charge on any atom is 0.178 e. The number of imidazole rings is 5. The standard InChI is InChI=1S/C51H30N12.C30H20N6/c1-10-31-13-4-22-52-43(31)40(19-1)61-46(58-37-16-7-25-55-49(37)61)34-28-35(47-59-38-17-8-26-56-50(38)62(47)41-20-2-11-32-14-5-23-53-44(32)41)30-36(29-34)48-60-39-18-9-27-57-51(39)63(48)42-21-3-12-33-15-6-24-54-45(33)42;1-3-9-23(10-4-1)35-25-13-7-19-31-27(25)33-29(35)21-15-17-22(18-16-21)30-34-28-26(14-8-20-32-28)36(30)24-11-5-2-6-12-24/h1-30H;1-20H. The summed E-state index contributed by atoms with van der Waals surface area (Å²) >= 11 is 0. The van der Waals surface area contributed by atoms with Crippen molar-refractivity contribution in [1.29, 1.82) is 0 Å². The molecule has 0 aliphatic carbocycles. The van der Waals surface area contributed by atoms with Crippen LogP contribution in [0.3, 0.4) is 0 Å². The van der Waals surface area contributed by atoms with Crippen molar-refractivity contribution in [3.05, 3.63) is 304 Å². The second-order valence-electron chi connectivity index (χ2n) is 23.7. The van der Waals surface area contributed by atoms with Crippen LogP contribution in [0.5, 0.6) is 0 Å². The Bertz CT molecular complexity index is 5940. The number of aromatic nitrogens is 18. The first kappa shape index (κ1) is 56.4. The molecule has 0 amide bonds. The van der Waals surface area contributed by atoms with E-state index in [0.29, 0.717) is 34.4 Å². The molecule has 0 aliphatic rings. The lowest BCUT2D eigenvalue weighted by atomic mass is 10.0. The SMILES string of the molecule is c1ccc(-n2c(-c3ccc(-c4nc5ncccc5n4-c4ccccc4)cc3)nc3ncccc32)cc1.c1cnc2c(-n3c(-c4cc(-c5nc6cccnc6n5-c5cccc6cccnc56)cc(-c5nc6cccnc6n5-c5cccc6cccnc56)c4)nc4cccnc43)cccc2c1. The smallest absolute Gasteiger partial charge is 0.178 e. The molecule has 0 atom stereocenters. The number of para-hydroxylation sites is 5. The highest BCUT2D eigenvalue weighted by atomic mass is 15.2. The van der Waals surface area contributed by atoms with E-state index in [1.807, 2.05) is 140 Å². The van der Waals surface area contributed by atoms with Gasteiger partial charge in [-0.15, -0.1) is 0 Å². The Balaban J connectivity index is 0.000000161. The normalized spacial score (nSPS) is 11.6. The van der Waals surface area contributed by atoms with Crippen molar-refractivity contribution in [2.24, 2.45) is 0 Å². The highest BCUT2D eigenvalue weighted by Crippen LogP contribution is 2.41. The van der Waals surface area contributed by atoms with Crippen LogP contribution < -0.4 is 0 Å². The second-order valence-corrected chi connectivity index (χ2v) is 23.7. The van der Waals surface area contributed by atoms with Crippen molar-refractivity contribution in [3.63, 3.8) is 0 Å². The van der Waals surface area contributed by atoms with Gasteiger partial charge in [0.2, 0.25) is 0 Å². The molecule has 0 N–H and O–H groups in total. The first-order valence-electron chi connectivity index (χ1n) is 32.2. The second kappa shape index (κ2) is 23.4. The molecule has 18 nitrogen and oxygen atoms in total. The lowest BCUT2D eigenvalue weighted by Gasteiger charge is -2.16. The molecule has 0 unspecified atom stereocenters. The van der Waals surface area contributed by atoms with E-state index in [-0.39, 0.29) is 0 Å². The summed E-state index contributed by atoms with van der Waals surface area (Å²) in [5, 5.41) is 3.01. The van der Waals surface area contributed by atoms with Gasteiger partial charge in [-0.3, -0.25) is 37.8 Å². The fraction of sp³-hybridized carbons (Fsp3) is 0. The van der Waals surface area contributed by atoms with Gasteiger partial charge in [-0.1, -0.05) is 115 Å². The third kappa shape index (κ3) is 9.61. The van der Waals surface area contributed by atoms with E-state index in [1.165, 1.54) is 0 Å². The van der Waals surface area contributed by atoms with Crippen LogP contribution in [0.4, 0.5) is 0 Å². The monoisotopic (exact) mass is 1270 g/mol. The Morgan fingerprint density at radius 3 is 0.879 bits per heavy atom. The van der Waals surface area contributed by atoms with Gasteiger partial charge >= 0.3 is 0 Å². The predicted octanol–water partition coefficient (Wildman–Crippen LogP) is 17.0. The molecule has 13 aromatic heterocycles. The number of rotatable bonds is 10.